The van der Waals surface area contributed by atoms with Gasteiger partial charge in [0.2, 0.25) is 0 Å². The van der Waals surface area contributed by atoms with Crippen molar-refractivity contribution in [3.63, 3.8) is 0 Å². The second kappa shape index (κ2) is 5.24. The molecule has 0 atom stereocenters. The Morgan fingerprint density at radius 1 is 0.947 bits per heavy atom. The van der Waals surface area contributed by atoms with Gasteiger partial charge in [-0.1, -0.05) is 30.0 Å². The molecular formula is C14H12N4S. The van der Waals surface area contributed by atoms with Gasteiger partial charge in [-0.2, -0.15) is 0 Å². The molecule has 0 amide bonds. The number of para-hydroxylation sites is 1. The predicted molar refractivity (Wildman–Crippen MR) is 77.7 cm³/mol. The molecule has 1 aromatic carbocycles. The largest absolute Gasteiger partial charge is 0.381 e. The molecule has 0 saturated carbocycles. The summed E-state index contributed by atoms with van der Waals surface area (Å²) in [7, 11) is 0. The molecule has 0 saturated heterocycles. The van der Waals surface area contributed by atoms with Crippen molar-refractivity contribution in [1.29, 1.82) is 0 Å². The van der Waals surface area contributed by atoms with Crippen LogP contribution in [0.4, 0.5) is 5.82 Å². The molecule has 0 bridgehead atoms. The Morgan fingerprint density at radius 3 is 2.68 bits per heavy atom. The minimum absolute atomic E-state index is 0.478. The van der Waals surface area contributed by atoms with Crippen LogP contribution in [0.1, 0.15) is 5.56 Å². The molecule has 0 unspecified atom stereocenters. The predicted octanol–water partition coefficient (Wildman–Crippen LogP) is 2.90. The maximum Gasteiger partial charge on any atom is 0.156 e. The van der Waals surface area contributed by atoms with Crippen LogP contribution in [0.25, 0.3) is 10.9 Å². The Bertz CT molecular complexity index is 709. The van der Waals surface area contributed by atoms with E-state index in [0.29, 0.717) is 5.82 Å². The van der Waals surface area contributed by atoms with Crippen molar-refractivity contribution in [3.8, 4) is 0 Å². The fourth-order valence-corrected chi connectivity index (χ4v) is 2.75. The van der Waals surface area contributed by atoms with E-state index in [2.05, 4.69) is 21.0 Å². The van der Waals surface area contributed by atoms with Crippen LogP contribution < -0.4 is 5.73 Å². The van der Waals surface area contributed by atoms with Crippen LogP contribution in [0.15, 0.2) is 53.9 Å². The third kappa shape index (κ3) is 2.51. The van der Waals surface area contributed by atoms with Crippen LogP contribution in [0.5, 0.6) is 0 Å². The number of rotatable bonds is 3. The average molecular weight is 268 g/mol. The van der Waals surface area contributed by atoms with E-state index < -0.39 is 0 Å². The van der Waals surface area contributed by atoms with Gasteiger partial charge < -0.3 is 5.73 Å². The maximum atomic E-state index is 5.79. The van der Waals surface area contributed by atoms with Gasteiger partial charge >= 0.3 is 0 Å². The topological polar surface area (TPSA) is 64.7 Å². The van der Waals surface area contributed by atoms with E-state index in [9.17, 15) is 0 Å². The molecule has 19 heavy (non-hydrogen) atoms. The highest BCUT2D eigenvalue weighted by molar-refractivity contribution is 7.98. The van der Waals surface area contributed by atoms with Crippen molar-refractivity contribution in [3.05, 3.63) is 54.5 Å². The molecule has 0 aliphatic heterocycles. The van der Waals surface area contributed by atoms with Gasteiger partial charge in [-0.15, -0.1) is 0 Å². The zero-order valence-electron chi connectivity index (χ0n) is 10.2. The highest BCUT2D eigenvalue weighted by atomic mass is 32.2. The van der Waals surface area contributed by atoms with Gasteiger partial charge in [0, 0.05) is 29.7 Å². The van der Waals surface area contributed by atoms with Gasteiger partial charge in [0.05, 0.1) is 5.52 Å². The number of anilines is 1. The lowest BCUT2D eigenvalue weighted by Gasteiger charge is -2.06. The minimum Gasteiger partial charge on any atom is -0.381 e. The summed E-state index contributed by atoms with van der Waals surface area (Å²) in [6.45, 7) is 0. The van der Waals surface area contributed by atoms with E-state index in [1.807, 2.05) is 30.5 Å². The third-order valence-corrected chi connectivity index (χ3v) is 3.84. The summed E-state index contributed by atoms with van der Waals surface area (Å²) in [5.41, 5.74) is 8.02. The van der Waals surface area contributed by atoms with Gasteiger partial charge in [0.1, 0.15) is 5.03 Å². The van der Waals surface area contributed by atoms with E-state index in [4.69, 9.17) is 5.73 Å². The Hall–Kier alpha value is -2.14. The van der Waals surface area contributed by atoms with Crippen molar-refractivity contribution in [2.24, 2.45) is 0 Å². The number of fused-ring (bicyclic) bond motifs is 1. The molecule has 0 fully saturated rings. The number of benzene rings is 1. The summed E-state index contributed by atoms with van der Waals surface area (Å²) in [5.74, 6) is 1.28. The minimum atomic E-state index is 0.478. The van der Waals surface area contributed by atoms with Crippen molar-refractivity contribution in [2.45, 2.75) is 10.8 Å². The molecule has 0 aliphatic carbocycles. The number of hydrogen-bond donors (Lipinski definition) is 1. The molecule has 3 aromatic rings. The van der Waals surface area contributed by atoms with E-state index in [1.54, 1.807) is 24.2 Å². The first-order valence-electron chi connectivity index (χ1n) is 5.86. The number of nitrogens with two attached hydrogens (primary N) is 1. The van der Waals surface area contributed by atoms with Crippen LogP contribution in [0.2, 0.25) is 0 Å². The number of aromatic nitrogens is 3. The van der Waals surface area contributed by atoms with Gasteiger partial charge in [0.15, 0.2) is 5.82 Å². The summed E-state index contributed by atoms with van der Waals surface area (Å²) in [4.78, 5) is 12.6. The fraction of sp³-hybridized carbons (Fsp3) is 0.0714. The molecule has 0 radical (unpaired) electrons. The lowest BCUT2D eigenvalue weighted by Crippen LogP contribution is -1.95. The lowest BCUT2D eigenvalue weighted by molar-refractivity contribution is 1.07. The average Bonchev–Trinajstić information content (AvgIpc) is 2.46. The Morgan fingerprint density at radius 2 is 1.79 bits per heavy atom. The zero-order chi connectivity index (χ0) is 13.1. The molecule has 2 N–H and O–H groups in total. The Balaban J connectivity index is 1.88. The van der Waals surface area contributed by atoms with Crippen LogP contribution in [0.3, 0.4) is 0 Å². The number of hydrogen-bond acceptors (Lipinski definition) is 5. The quantitative estimate of drug-likeness (QED) is 0.740. The summed E-state index contributed by atoms with van der Waals surface area (Å²) in [5, 5.41) is 1.93. The van der Waals surface area contributed by atoms with Crippen LogP contribution in [-0.2, 0) is 5.75 Å². The second-order valence-electron chi connectivity index (χ2n) is 4.02. The van der Waals surface area contributed by atoms with Crippen LogP contribution in [0, 0.1) is 0 Å². The molecule has 4 nitrogen and oxygen atoms in total. The van der Waals surface area contributed by atoms with Gasteiger partial charge in [-0.05, 0) is 17.7 Å². The first kappa shape index (κ1) is 11.9. The van der Waals surface area contributed by atoms with Gasteiger partial charge in [0.25, 0.3) is 0 Å². The number of nitrogen functional groups attached to an aromatic ring is 1. The van der Waals surface area contributed by atoms with Crippen molar-refractivity contribution < 1.29 is 0 Å². The highest BCUT2D eigenvalue weighted by Crippen LogP contribution is 2.27. The Kier molecular flexibility index (Phi) is 3.29. The van der Waals surface area contributed by atoms with E-state index in [-0.39, 0.29) is 0 Å². The summed E-state index contributed by atoms with van der Waals surface area (Å²) >= 11 is 1.59. The first-order valence-corrected chi connectivity index (χ1v) is 6.85. The standard InChI is InChI=1S/C14H12N4S/c15-13-14(18-8-7-17-13)19-9-10-5-6-16-12-4-2-1-3-11(10)12/h1-8H,9H2,(H2,15,17). The molecule has 2 heterocycles. The molecule has 94 valence electrons. The number of pyridine rings is 1. The lowest BCUT2D eigenvalue weighted by atomic mass is 10.1. The first-order chi connectivity index (χ1) is 9.34. The smallest absolute Gasteiger partial charge is 0.156 e. The van der Waals surface area contributed by atoms with E-state index in [0.717, 1.165) is 16.3 Å². The normalized spacial score (nSPS) is 10.7. The summed E-state index contributed by atoms with van der Waals surface area (Å²) in [6.07, 6.45) is 5.09. The van der Waals surface area contributed by atoms with Crippen LogP contribution >= 0.6 is 11.8 Å². The molecule has 3 rings (SSSR count). The molecule has 5 heteroatoms. The van der Waals surface area contributed by atoms with Gasteiger partial charge in [-0.3, -0.25) is 4.98 Å². The molecular weight excluding hydrogens is 256 g/mol. The monoisotopic (exact) mass is 268 g/mol. The van der Waals surface area contributed by atoms with Crippen molar-refractivity contribution in [1.82, 2.24) is 15.0 Å². The Labute approximate surface area is 115 Å². The third-order valence-electron chi connectivity index (χ3n) is 2.79. The zero-order valence-corrected chi connectivity index (χ0v) is 11.0. The maximum absolute atomic E-state index is 5.79. The molecule has 0 aliphatic rings. The molecule has 0 spiro atoms. The highest BCUT2D eigenvalue weighted by Gasteiger charge is 2.05. The van der Waals surface area contributed by atoms with E-state index in [1.165, 1.54) is 10.9 Å². The van der Waals surface area contributed by atoms with Gasteiger partial charge in [-0.25, -0.2) is 9.97 Å². The second-order valence-corrected chi connectivity index (χ2v) is 4.99. The number of nitrogens with zero attached hydrogens (tertiary/aromatic N) is 3. The fourth-order valence-electron chi connectivity index (χ4n) is 1.87. The molecule has 2 aromatic heterocycles. The van der Waals surface area contributed by atoms with E-state index >= 15 is 0 Å². The van der Waals surface area contributed by atoms with Crippen molar-refractivity contribution in [2.75, 3.05) is 5.73 Å². The SMILES string of the molecule is Nc1nccnc1SCc1ccnc2ccccc12. The summed E-state index contributed by atoms with van der Waals surface area (Å²) in [6, 6.07) is 10.1. The van der Waals surface area contributed by atoms with Crippen molar-refractivity contribution >= 4 is 28.5 Å². The number of thioether (sulfide) groups is 1. The summed E-state index contributed by atoms with van der Waals surface area (Å²) < 4.78 is 0. The van der Waals surface area contributed by atoms with Crippen LogP contribution in [-0.4, -0.2) is 15.0 Å².